The molecule has 0 saturated heterocycles. The van der Waals surface area contributed by atoms with Crippen LogP contribution in [0.2, 0.25) is 0 Å². The van der Waals surface area contributed by atoms with Gasteiger partial charge in [0.05, 0.1) is 22.4 Å². The van der Waals surface area contributed by atoms with Crippen molar-refractivity contribution in [1.82, 2.24) is 14.8 Å². The molecular formula is C10H8ClFN4O2. The molecule has 0 aliphatic rings. The van der Waals surface area contributed by atoms with Crippen LogP contribution in [-0.4, -0.2) is 19.7 Å². The molecule has 1 heterocycles. The van der Waals surface area contributed by atoms with E-state index in [1.54, 1.807) is 7.05 Å². The zero-order valence-corrected chi connectivity index (χ0v) is 10.1. The molecule has 0 amide bonds. The number of rotatable bonds is 3. The highest BCUT2D eigenvalue weighted by molar-refractivity contribution is 6.16. The first-order valence-electron chi connectivity index (χ1n) is 4.93. The SMILES string of the molecule is Cn1c(CCl)nnc1-c1ccc([N+](=O)[O-])cc1F. The number of aromatic nitrogens is 3. The van der Waals surface area contributed by atoms with E-state index in [9.17, 15) is 14.5 Å². The van der Waals surface area contributed by atoms with Crippen molar-refractivity contribution in [3.05, 3.63) is 40.0 Å². The molecule has 0 spiro atoms. The lowest BCUT2D eigenvalue weighted by molar-refractivity contribution is -0.385. The van der Waals surface area contributed by atoms with E-state index >= 15 is 0 Å². The Labute approximate surface area is 106 Å². The Balaban J connectivity index is 2.51. The lowest BCUT2D eigenvalue weighted by Gasteiger charge is -2.03. The van der Waals surface area contributed by atoms with Crippen LogP contribution in [0.25, 0.3) is 11.4 Å². The van der Waals surface area contributed by atoms with E-state index in [1.165, 1.54) is 16.7 Å². The molecule has 8 heteroatoms. The summed E-state index contributed by atoms with van der Waals surface area (Å²) >= 11 is 5.63. The number of hydrogen-bond acceptors (Lipinski definition) is 4. The normalized spacial score (nSPS) is 10.6. The van der Waals surface area contributed by atoms with E-state index < -0.39 is 10.7 Å². The third-order valence-corrected chi connectivity index (χ3v) is 2.73. The largest absolute Gasteiger partial charge is 0.313 e. The maximum absolute atomic E-state index is 13.8. The number of nitro groups is 1. The summed E-state index contributed by atoms with van der Waals surface area (Å²) in [7, 11) is 1.65. The fraction of sp³-hybridized carbons (Fsp3) is 0.200. The summed E-state index contributed by atoms with van der Waals surface area (Å²) in [6.07, 6.45) is 0. The lowest BCUT2D eigenvalue weighted by Crippen LogP contribution is -1.99. The third kappa shape index (κ3) is 2.04. The zero-order chi connectivity index (χ0) is 13.3. The molecular weight excluding hydrogens is 263 g/mol. The molecule has 0 saturated carbocycles. The Morgan fingerprint density at radius 2 is 2.22 bits per heavy atom. The first kappa shape index (κ1) is 12.4. The Hall–Kier alpha value is -2.02. The number of non-ortho nitro benzene ring substituents is 1. The van der Waals surface area contributed by atoms with Gasteiger partial charge in [-0.1, -0.05) is 0 Å². The minimum atomic E-state index is -0.721. The van der Waals surface area contributed by atoms with E-state index in [4.69, 9.17) is 11.6 Å². The smallest absolute Gasteiger partial charge is 0.272 e. The van der Waals surface area contributed by atoms with Crippen LogP contribution in [0.3, 0.4) is 0 Å². The van der Waals surface area contributed by atoms with Crippen LogP contribution >= 0.6 is 11.6 Å². The van der Waals surface area contributed by atoms with E-state index in [-0.39, 0.29) is 23.0 Å². The predicted octanol–water partition coefficient (Wildman–Crippen LogP) is 2.27. The molecule has 6 nitrogen and oxygen atoms in total. The molecule has 0 bridgehead atoms. The second-order valence-corrected chi connectivity index (χ2v) is 3.82. The molecule has 0 unspecified atom stereocenters. The van der Waals surface area contributed by atoms with Gasteiger partial charge in [-0.25, -0.2) is 4.39 Å². The molecule has 94 valence electrons. The second-order valence-electron chi connectivity index (χ2n) is 3.55. The summed E-state index contributed by atoms with van der Waals surface area (Å²) < 4.78 is 15.3. The van der Waals surface area contributed by atoms with Crippen LogP contribution in [0.15, 0.2) is 18.2 Å². The first-order chi connectivity index (χ1) is 8.54. The summed E-state index contributed by atoms with van der Waals surface area (Å²) in [4.78, 5) is 9.85. The van der Waals surface area contributed by atoms with Crippen LogP contribution in [0.5, 0.6) is 0 Å². The number of hydrogen-bond donors (Lipinski definition) is 0. The van der Waals surface area contributed by atoms with Gasteiger partial charge in [-0.3, -0.25) is 10.1 Å². The molecule has 18 heavy (non-hydrogen) atoms. The number of nitro benzene ring substituents is 1. The Morgan fingerprint density at radius 3 is 2.72 bits per heavy atom. The molecule has 0 N–H and O–H groups in total. The molecule has 1 aromatic heterocycles. The summed E-state index contributed by atoms with van der Waals surface area (Å²) in [6, 6.07) is 3.37. The van der Waals surface area contributed by atoms with Crippen molar-refractivity contribution >= 4 is 17.3 Å². The van der Waals surface area contributed by atoms with Crippen molar-refractivity contribution < 1.29 is 9.31 Å². The van der Waals surface area contributed by atoms with Crippen molar-refractivity contribution in [2.45, 2.75) is 5.88 Å². The van der Waals surface area contributed by atoms with Crippen LogP contribution in [0.1, 0.15) is 5.82 Å². The summed E-state index contributed by atoms with van der Waals surface area (Å²) in [5.41, 5.74) is -0.164. The van der Waals surface area contributed by atoms with E-state index in [2.05, 4.69) is 10.2 Å². The maximum atomic E-state index is 13.8. The van der Waals surface area contributed by atoms with Gasteiger partial charge in [0, 0.05) is 13.1 Å². The highest BCUT2D eigenvalue weighted by Gasteiger charge is 2.17. The van der Waals surface area contributed by atoms with E-state index in [0.29, 0.717) is 5.82 Å². The molecule has 0 radical (unpaired) electrons. The highest BCUT2D eigenvalue weighted by atomic mass is 35.5. The topological polar surface area (TPSA) is 73.8 Å². The number of halogens is 2. The van der Waals surface area contributed by atoms with Crippen LogP contribution in [0, 0.1) is 15.9 Å². The minimum absolute atomic E-state index is 0.145. The summed E-state index contributed by atoms with van der Waals surface area (Å²) in [6.45, 7) is 0. The van der Waals surface area contributed by atoms with Crippen LogP contribution in [0.4, 0.5) is 10.1 Å². The average molecular weight is 271 g/mol. The molecule has 2 aromatic rings. The minimum Gasteiger partial charge on any atom is -0.313 e. The van der Waals surface area contributed by atoms with Crippen LogP contribution < -0.4 is 0 Å². The van der Waals surface area contributed by atoms with Crippen molar-refractivity contribution in [2.75, 3.05) is 0 Å². The monoisotopic (exact) mass is 270 g/mol. The molecule has 1 aromatic carbocycles. The zero-order valence-electron chi connectivity index (χ0n) is 9.30. The van der Waals surface area contributed by atoms with Gasteiger partial charge in [0.15, 0.2) is 5.82 Å². The summed E-state index contributed by atoms with van der Waals surface area (Å²) in [5, 5.41) is 18.1. The lowest BCUT2D eigenvalue weighted by atomic mass is 10.2. The van der Waals surface area contributed by atoms with Gasteiger partial charge in [0.1, 0.15) is 11.6 Å². The molecule has 2 rings (SSSR count). The summed E-state index contributed by atoms with van der Waals surface area (Å²) in [5.74, 6) is 0.196. The molecule has 0 atom stereocenters. The predicted molar refractivity (Wildman–Crippen MR) is 62.6 cm³/mol. The van der Waals surface area contributed by atoms with Gasteiger partial charge >= 0.3 is 0 Å². The van der Waals surface area contributed by atoms with Gasteiger partial charge in [-0.05, 0) is 6.07 Å². The standard InChI is InChI=1S/C10H8ClFN4O2/c1-15-9(5-11)13-14-10(15)7-3-2-6(16(17)18)4-8(7)12/h2-4H,5H2,1H3. The fourth-order valence-electron chi connectivity index (χ4n) is 1.51. The van der Waals surface area contributed by atoms with Crippen molar-refractivity contribution in [3.8, 4) is 11.4 Å². The Bertz CT molecular complexity index is 614. The van der Waals surface area contributed by atoms with Crippen molar-refractivity contribution in [2.24, 2.45) is 7.05 Å². The fourth-order valence-corrected chi connectivity index (χ4v) is 1.74. The van der Waals surface area contributed by atoms with Crippen molar-refractivity contribution in [1.29, 1.82) is 0 Å². The number of nitrogens with zero attached hydrogens (tertiary/aromatic N) is 4. The maximum Gasteiger partial charge on any atom is 0.272 e. The van der Waals surface area contributed by atoms with Gasteiger partial charge < -0.3 is 4.57 Å². The second kappa shape index (κ2) is 4.69. The molecule has 0 fully saturated rings. The molecule has 0 aliphatic carbocycles. The highest BCUT2D eigenvalue weighted by Crippen LogP contribution is 2.25. The van der Waals surface area contributed by atoms with Gasteiger partial charge in [-0.2, -0.15) is 0 Å². The van der Waals surface area contributed by atoms with Crippen LogP contribution in [-0.2, 0) is 12.9 Å². The van der Waals surface area contributed by atoms with Crippen molar-refractivity contribution in [3.63, 3.8) is 0 Å². The molecule has 0 aliphatic heterocycles. The Kier molecular flexibility index (Phi) is 3.24. The van der Waals surface area contributed by atoms with Gasteiger partial charge in [-0.15, -0.1) is 21.8 Å². The van der Waals surface area contributed by atoms with Gasteiger partial charge in [0.25, 0.3) is 5.69 Å². The van der Waals surface area contributed by atoms with Gasteiger partial charge in [0.2, 0.25) is 0 Å². The Morgan fingerprint density at radius 1 is 1.50 bits per heavy atom. The van der Waals surface area contributed by atoms with E-state index in [0.717, 1.165) is 6.07 Å². The first-order valence-corrected chi connectivity index (χ1v) is 5.46. The number of alkyl halides is 1. The quantitative estimate of drug-likeness (QED) is 0.487. The average Bonchev–Trinajstić information content (AvgIpc) is 2.70. The third-order valence-electron chi connectivity index (χ3n) is 2.49. The number of benzene rings is 1. The van der Waals surface area contributed by atoms with E-state index in [1.807, 2.05) is 0 Å².